The number of carbonyl (C=O) groups is 3. The van der Waals surface area contributed by atoms with Crippen molar-refractivity contribution >= 4 is 41.2 Å². The first kappa shape index (κ1) is 55.9. The van der Waals surface area contributed by atoms with Crippen LogP contribution in [0, 0.1) is 0 Å². The van der Waals surface area contributed by atoms with Crippen molar-refractivity contribution in [2.24, 2.45) is 0 Å². The molecule has 0 aliphatic carbocycles. The summed E-state index contributed by atoms with van der Waals surface area (Å²) in [5.74, 6) is -2.02. The van der Waals surface area contributed by atoms with E-state index in [9.17, 15) is 19.5 Å². The number of hydrogen-bond acceptors (Lipinski definition) is 6. The van der Waals surface area contributed by atoms with Crippen LogP contribution in [-0.4, -0.2) is 61.2 Å². The lowest BCUT2D eigenvalue weighted by molar-refractivity contribution is 0.0686. The van der Waals surface area contributed by atoms with Crippen LogP contribution in [0.4, 0.5) is 11.4 Å². The number of aliphatic hydroxyl groups is 1. The molecule has 6 aromatic carbocycles. The number of carbonyl (C=O) groups excluding carboxylic acids is 1. The minimum atomic E-state index is -0.972. The summed E-state index contributed by atoms with van der Waals surface area (Å²) in [5, 5.41) is 29.8. The van der Waals surface area contributed by atoms with Gasteiger partial charge in [-0.1, -0.05) is 180 Å². The molecule has 8 nitrogen and oxygen atoms in total. The van der Waals surface area contributed by atoms with Gasteiger partial charge in [0.2, 0.25) is 0 Å². The number of carboxylic acids is 2. The molecule has 3 N–H and O–H groups in total. The lowest BCUT2D eigenvalue weighted by Gasteiger charge is -2.38. The zero-order valence-electron chi connectivity index (χ0n) is 45.4. The van der Waals surface area contributed by atoms with Crippen molar-refractivity contribution in [3.8, 4) is 22.3 Å². The van der Waals surface area contributed by atoms with Crippen molar-refractivity contribution in [3.63, 3.8) is 0 Å². The van der Waals surface area contributed by atoms with E-state index in [1.54, 1.807) is 54.6 Å². The molecule has 0 spiro atoms. The standard InChI is InChI=1S/C32H37NO3.C32H39NO3/c1-31(2,3)25-16-14-22(15-17-25)26-19-24(20-27(32(4,5)6)29(26)33(7)8)28(34)18-11-21-9-12-23(13-10-21)30(35)36;1-31(2,3)27-25(26(34)19-16-21-14-17-23(18-15-21)30(35)36)20-24(22-12-10-9-11-13-22)29(33(7)8)28(27)32(4,5)6/h9-20H,1-8H3,(H,35,36);9-20,26,34H,1-8H3,(H,35,36). The van der Waals surface area contributed by atoms with Gasteiger partial charge in [0.15, 0.2) is 5.78 Å². The minimum absolute atomic E-state index is 0.0603. The van der Waals surface area contributed by atoms with E-state index < -0.39 is 18.0 Å². The van der Waals surface area contributed by atoms with Crippen molar-refractivity contribution < 1.29 is 29.7 Å². The third kappa shape index (κ3) is 13.7. The van der Waals surface area contributed by atoms with Crippen LogP contribution in [0.3, 0.4) is 0 Å². The summed E-state index contributed by atoms with van der Waals surface area (Å²) in [6, 6.07) is 38.2. The fourth-order valence-corrected chi connectivity index (χ4v) is 9.01. The highest BCUT2D eigenvalue weighted by atomic mass is 16.4. The Morgan fingerprint density at radius 1 is 0.486 bits per heavy atom. The molecule has 0 aromatic heterocycles. The molecule has 0 saturated heterocycles. The van der Waals surface area contributed by atoms with E-state index in [0.717, 1.165) is 55.8 Å². The second-order valence-electron chi connectivity index (χ2n) is 23.1. The van der Waals surface area contributed by atoms with Gasteiger partial charge < -0.3 is 25.1 Å². The topological polar surface area (TPSA) is 118 Å². The molecule has 0 bridgehead atoms. The average Bonchev–Trinajstić information content (AvgIpc) is 3.30. The SMILES string of the molecule is CN(C)c1c(-c2ccc(C(C)(C)C)cc2)cc(C(=O)C=Cc2ccc(C(=O)O)cc2)cc1C(C)(C)C.CN(C)c1c(-c2ccccc2)cc(C(O)C=Cc2ccc(C(=O)O)cc2)c(C(C)(C)C)c1C(C)(C)C. The number of nitrogens with zero attached hydrogens (tertiary/aromatic N) is 2. The van der Waals surface area contributed by atoms with Crippen molar-refractivity contribution in [2.45, 2.75) is 111 Å². The van der Waals surface area contributed by atoms with Crippen LogP contribution in [0.15, 0.2) is 133 Å². The number of aromatic carboxylic acids is 2. The highest BCUT2D eigenvalue weighted by Crippen LogP contribution is 2.48. The number of hydrogen-bond donors (Lipinski definition) is 3. The van der Waals surface area contributed by atoms with Gasteiger partial charge in [-0.15, -0.1) is 0 Å². The van der Waals surface area contributed by atoms with E-state index in [1.165, 1.54) is 28.9 Å². The Morgan fingerprint density at radius 2 is 0.944 bits per heavy atom. The monoisotopic (exact) mass is 969 g/mol. The Balaban J connectivity index is 0.000000267. The second kappa shape index (κ2) is 22.2. The third-order valence-corrected chi connectivity index (χ3v) is 12.6. The van der Waals surface area contributed by atoms with E-state index >= 15 is 0 Å². The molecule has 0 fully saturated rings. The summed E-state index contributed by atoms with van der Waals surface area (Å²) in [6.07, 6.45) is 6.08. The molecule has 378 valence electrons. The van der Waals surface area contributed by atoms with E-state index in [4.69, 9.17) is 10.2 Å². The van der Waals surface area contributed by atoms with Crippen molar-refractivity contribution in [3.05, 3.63) is 189 Å². The molecule has 0 heterocycles. The van der Waals surface area contributed by atoms with Crippen molar-refractivity contribution in [1.29, 1.82) is 0 Å². The molecule has 72 heavy (non-hydrogen) atoms. The zero-order chi connectivity index (χ0) is 53.7. The Morgan fingerprint density at radius 3 is 1.38 bits per heavy atom. The van der Waals surface area contributed by atoms with Gasteiger partial charge in [-0.05, 0) is 120 Å². The van der Waals surface area contributed by atoms with Gasteiger partial charge >= 0.3 is 11.9 Å². The maximum absolute atomic E-state index is 13.3. The molecule has 0 amide bonds. The second-order valence-corrected chi connectivity index (χ2v) is 23.1. The summed E-state index contributed by atoms with van der Waals surface area (Å²) >= 11 is 0. The average molecular weight is 969 g/mol. The Kier molecular flexibility index (Phi) is 17.2. The molecular weight excluding hydrogens is 893 g/mol. The van der Waals surface area contributed by atoms with Gasteiger partial charge in [-0.3, -0.25) is 4.79 Å². The highest BCUT2D eigenvalue weighted by molar-refractivity contribution is 6.08. The number of allylic oxidation sites excluding steroid dienone is 1. The fourth-order valence-electron chi connectivity index (χ4n) is 9.01. The van der Waals surface area contributed by atoms with Crippen LogP contribution < -0.4 is 9.80 Å². The fraction of sp³-hybridized carbons (Fsp3) is 0.328. The van der Waals surface area contributed by atoms with Crippen LogP contribution in [0.2, 0.25) is 0 Å². The molecule has 6 aromatic rings. The smallest absolute Gasteiger partial charge is 0.335 e. The number of carboxylic acid groups (broad SMARTS) is 2. The Bertz CT molecular complexity index is 2930. The molecular formula is C64H76N2O6. The van der Waals surface area contributed by atoms with E-state index in [0.29, 0.717) is 5.56 Å². The van der Waals surface area contributed by atoms with Crippen molar-refractivity contribution in [2.75, 3.05) is 38.0 Å². The van der Waals surface area contributed by atoms with Gasteiger partial charge in [0, 0.05) is 56.3 Å². The first-order chi connectivity index (χ1) is 33.4. The first-order valence-electron chi connectivity index (χ1n) is 24.6. The summed E-state index contributed by atoms with van der Waals surface area (Å²) in [4.78, 5) is 39.9. The van der Waals surface area contributed by atoms with Crippen molar-refractivity contribution in [1.82, 2.24) is 0 Å². The van der Waals surface area contributed by atoms with Crippen LogP contribution >= 0.6 is 0 Å². The predicted octanol–water partition coefficient (Wildman–Crippen LogP) is 15.1. The van der Waals surface area contributed by atoms with Crippen LogP contribution in [-0.2, 0) is 21.7 Å². The first-order valence-corrected chi connectivity index (χ1v) is 24.6. The van der Waals surface area contributed by atoms with Gasteiger partial charge in [0.25, 0.3) is 0 Å². The van der Waals surface area contributed by atoms with Crippen LogP contribution in [0.1, 0.15) is 159 Å². The Hall–Kier alpha value is -7.03. The minimum Gasteiger partial charge on any atom is -0.478 e. The molecule has 0 aliphatic rings. The van der Waals surface area contributed by atoms with Gasteiger partial charge in [-0.2, -0.15) is 0 Å². The summed E-state index contributed by atoms with van der Waals surface area (Å²) in [6.45, 7) is 26.4. The van der Waals surface area contributed by atoms with Gasteiger partial charge in [0.1, 0.15) is 0 Å². The van der Waals surface area contributed by atoms with Gasteiger partial charge in [0.05, 0.1) is 17.2 Å². The number of ketones is 1. The Labute approximate surface area is 429 Å². The van der Waals surface area contributed by atoms with Crippen LogP contribution in [0.25, 0.3) is 34.4 Å². The quantitative estimate of drug-likeness (QED) is 0.0820. The normalized spacial score (nSPS) is 12.6. The molecule has 0 aliphatic heterocycles. The molecule has 0 saturated carbocycles. The van der Waals surface area contributed by atoms with Crippen LogP contribution in [0.5, 0.6) is 0 Å². The maximum Gasteiger partial charge on any atom is 0.335 e. The largest absolute Gasteiger partial charge is 0.478 e. The lowest BCUT2D eigenvalue weighted by Crippen LogP contribution is -2.28. The van der Waals surface area contributed by atoms with E-state index in [2.05, 4.69) is 149 Å². The number of anilines is 2. The summed E-state index contributed by atoms with van der Waals surface area (Å²) in [5.41, 5.74) is 14.4. The lowest BCUT2D eigenvalue weighted by atomic mass is 9.70. The molecule has 0 radical (unpaired) electrons. The van der Waals surface area contributed by atoms with E-state index in [1.807, 2.05) is 50.5 Å². The summed E-state index contributed by atoms with van der Waals surface area (Å²) in [7, 11) is 8.25. The molecule has 6 rings (SSSR count). The number of rotatable bonds is 12. The predicted molar refractivity (Wildman–Crippen MR) is 301 cm³/mol. The third-order valence-electron chi connectivity index (χ3n) is 12.6. The highest BCUT2D eigenvalue weighted by Gasteiger charge is 2.34. The summed E-state index contributed by atoms with van der Waals surface area (Å²) < 4.78 is 0. The molecule has 1 unspecified atom stereocenters. The molecule has 1 atom stereocenters. The molecule has 8 heteroatoms. The maximum atomic E-state index is 13.3. The van der Waals surface area contributed by atoms with Gasteiger partial charge in [-0.25, -0.2) is 9.59 Å². The number of benzene rings is 6. The zero-order valence-corrected chi connectivity index (χ0v) is 45.4. The van der Waals surface area contributed by atoms with E-state index in [-0.39, 0.29) is 38.6 Å². The number of aliphatic hydroxyl groups excluding tert-OH is 1.